The maximum Gasteiger partial charge on any atom is 0.211 e. The SMILES string of the molecule is CC1(C)CC(=O)c2cc3c([n+](-c4ccccc4)c2C1)CC(C)(C)CC3=O. The Balaban J connectivity index is 2.07. The average molecular weight is 348 g/mol. The standard InChI is InChI=1S/C23H26NO2/c1-22(2)11-18-16(20(25)13-22)10-17-19(12-23(3,4)14-21(17)26)24(18)15-8-6-5-7-9-15/h5-10H,11-14H2,1-4H3/q+1. The Morgan fingerprint density at radius 1 is 0.731 bits per heavy atom. The number of rotatable bonds is 1. The van der Waals surface area contributed by atoms with Crippen LogP contribution in [0.2, 0.25) is 0 Å². The van der Waals surface area contributed by atoms with Crippen LogP contribution in [0, 0.1) is 10.8 Å². The third-order valence-electron chi connectivity index (χ3n) is 5.64. The van der Waals surface area contributed by atoms with Crippen LogP contribution in [-0.4, -0.2) is 11.6 Å². The maximum atomic E-state index is 12.9. The first-order chi connectivity index (χ1) is 12.2. The molecule has 0 radical (unpaired) electrons. The molecule has 3 heteroatoms. The van der Waals surface area contributed by atoms with Gasteiger partial charge in [-0.25, -0.2) is 0 Å². The number of pyridine rings is 1. The van der Waals surface area contributed by atoms with Crippen molar-refractivity contribution in [3.63, 3.8) is 0 Å². The smallest absolute Gasteiger partial charge is 0.211 e. The Hall–Kier alpha value is -2.29. The summed E-state index contributed by atoms with van der Waals surface area (Å²) in [6.07, 6.45) is 2.75. The molecule has 26 heavy (non-hydrogen) atoms. The number of carbonyl (C=O) groups is 2. The Kier molecular flexibility index (Phi) is 3.69. The second-order valence-corrected chi connectivity index (χ2v) is 9.42. The van der Waals surface area contributed by atoms with E-state index < -0.39 is 0 Å². The molecule has 2 aliphatic rings. The lowest BCUT2D eigenvalue weighted by atomic mass is 9.71. The van der Waals surface area contributed by atoms with Gasteiger partial charge in [-0.1, -0.05) is 45.9 Å². The predicted octanol–water partition coefficient (Wildman–Crippen LogP) is 4.27. The minimum atomic E-state index is -0.0664. The van der Waals surface area contributed by atoms with Crippen molar-refractivity contribution in [3.05, 3.63) is 58.9 Å². The molecule has 0 saturated heterocycles. The molecule has 1 aromatic carbocycles. The van der Waals surface area contributed by atoms with Gasteiger partial charge in [0.25, 0.3) is 0 Å². The Morgan fingerprint density at radius 2 is 1.19 bits per heavy atom. The normalized spacial score (nSPS) is 20.5. The maximum absolute atomic E-state index is 12.9. The molecule has 2 aromatic rings. The molecular formula is C23H26NO2+. The summed E-state index contributed by atoms with van der Waals surface area (Å²) in [5, 5.41) is 0. The highest BCUT2D eigenvalue weighted by atomic mass is 16.1. The van der Waals surface area contributed by atoms with Crippen LogP contribution in [0.15, 0.2) is 36.4 Å². The number of hydrogen-bond acceptors (Lipinski definition) is 2. The molecular weight excluding hydrogens is 322 g/mol. The van der Waals surface area contributed by atoms with Crippen molar-refractivity contribution in [2.75, 3.05) is 0 Å². The van der Waals surface area contributed by atoms with Crippen molar-refractivity contribution in [1.82, 2.24) is 0 Å². The summed E-state index contributed by atoms with van der Waals surface area (Å²) < 4.78 is 2.21. The third-order valence-corrected chi connectivity index (χ3v) is 5.64. The summed E-state index contributed by atoms with van der Waals surface area (Å²) in [5.41, 5.74) is 4.49. The summed E-state index contributed by atoms with van der Waals surface area (Å²) in [7, 11) is 0. The lowest BCUT2D eigenvalue weighted by molar-refractivity contribution is -0.615. The fourth-order valence-electron chi connectivity index (χ4n) is 4.53. The highest BCUT2D eigenvalue weighted by Gasteiger charge is 2.44. The minimum absolute atomic E-state index is 0.0664. The molecule has 4 rings (SSSR count). The molecule has 0 N–H and O–H groups in total. The lowest BCUT2D eigenvalue weighted by Gasteiger charge is -2.32. The molecule has 0 unspecified atom stereocenters. The van der Waals surface area contributed by atoms with Crippen LogP contribution in [0.5, 0.6) is 0 Å². The highest BCUT2D eigenvalue weighted by molar-refractivity contribution is 6.03. The first kappa shape index (κ1) is 17.1. The summed E-state index contributed by atoms with van der Waals surface area (Å²) in [4.78, 5) is 25.8. The third kappa shape index (κ3) is 2.80. The fraction of sp³-hybridized carbons (Fsp3) is 0.435. The summed E-state index contributed by atoms with van der Waals surface area (Å²) >= 11 is 0. The number of ketones is 2. The van der Waals surface area contributed by atoms with Crippen LogP contribution in [0.3, 0.4) is 0 Å². The fourth-order valence-corrected chi connectivity index (χ4v) is 4.53. The van der Waals surface area contributed by atoms with E-state index in [0.29, 0.717) is 12.8 Å². The second kappa shape index (κ2) is 5.60. The average Bonchev–Trinajstić information content (AvgIpc) is 2.52. The van der Waals surface area contributed by atoms with Crippen LogP contribution < -0.4 is 4.57 Å². The van der Waals surface area contributed by atoms with Gasteiger partial charge in [0.15, 0.2) is 23.0 Å². The predicted molar refractivity (Wildman–Crippen MR) is 101 cm³/mol. The van der Waals surface area contributed by atoms with Crippen molar-refractivity contribution in [2.45, 2.75) is 53.4 Å². The van der Waals surface area contributed by atoms with E-state index in [1.54, 1.807) is 0 Å². The van der Waals surface area contributed by atoms with E-state index in [9.17, 15) is 9.59 Å². The number of nitrogens with zero attached hydrogens (tertiary/aromatic N) is 1. The quantitative estimate of drug-likeness (QED) is 0.722. The van der Waals surface area contributed by atoms with Crippen molar-refractivity contribution in [2.24, 2.45) is 10.8 Å². The Labute approximate surface area is 155 Å². The Bertz CT molecular complexity index is 869. The molecule has 1 heterocycles. The van der Waals surface area contributed by atoms with Crippen molar-refractivity contribution >= 4 is 11.6 Å². The zero-order valence-electron chi connectivity index (χ0n) is 16.1. The molecule has 134 valence electrons. The molecule has 0 spiro atoms. The number of benzene rings is 1. The van der Waals surface area contributed by atoms with Gasteiger partial charge in [0, 0.05) is 37.8 Å². The molecule has 0 amide bonds. The molecule has 0 fully saturated rings. The van der Waals surface area contributed by atoms with Gasteiger partial charge in [0.2, 0.25) is 5.69 Å². The topological polar surface area (TPSA) is 38.0 Å². The van der Waals surface area contributed by atoms with Gasteiger partial charge >= 0.3 is 0 Å². The second-order valence-electron chi connectivity index (χ2n) is 9.42. The van der Waals surface area contributed by atoms with Crippen LogP contribution >= 0.6 is 0 Å². The number of hydrogen-bond donors (Lipinski definition) is 0. The number of para-hydroxylation sites is 1. The van der Waals surface area contributed by atoms with E-state index in [1.165, 1.54) is 0 Å². The van der Waals surface area contributed by atoms with E-state index in [4.69, 9.17) is 0 Å². The van der Waals surface area contributed by atoms with Crippen LogP contribution in [-0.2, 0) is 12.8 Å². The van der Waals surface area contributed by atoms with Crippen LogP contribution in [0.1, 0.15) is 72.6 Å². The highest BCUT2D eigenvalue weighted by Crippen LogP contribution is 2.38. The van der Waals surface area contributed by atoms with E-state index in [1.807, 2.05) is 24.3 Å². The summed E-state index contributed by atoms with van der Waals surface area (Å²) in [6.45, 7) is 8.60. The van der Waals surface area contributed by atoms with Gasteiger partial charge in [0.05, 0.1) is 11.1 Å². The molecule has 2 aliphatic carbocycles. The molecule has 0 aliphatic heterocycles. The van der Waals surface area contributed by atoms with E-state index in [0.717, 1.165) is 41.0 Å². The largest absolute Gasteiger partial charge is 0.294 e. The lowest BCUT2D eigenvalue weighted by Crippen LogP contribution is -2.49. The van der Waals surface area contributed by atoms with Gasteiger partial charge in [-0.2, -0.15) is 4.57 Å². The molecule has 0 saturated carbocycles. The monoisotopic (exact) mass is 348 g/mol. The van der Waals surface area contributed by atoms with Gasteiger partial charge in [0.1, 0.15) is 0 Å². The molecule has 0 bridgehead atoms. The number of fused-ring (bicyclic) bond motifs is 2. The first-order valence-corrected chi connectivity index (χ1v) is 9.40. The van der Waals surface area contributed by atoms with Crippen molar-refractivity contribution in [1.29, 1.82) is 0 Å². The van der Waals surface area contributed by atoms with E-state index in [-0.39, 0.29) is 22.4 Å². The number of carbonyl (C=O) groups excluding carboxylic acids is 2. The van der Waals surface area contributed by atoms with Gasteiger partial charge < -0.3 is 0 Å². The Morgan fingerprint density at radius 3 is 1.65 bits per heavy atom. The summed E-state index contributed by atoms with van der Waals surface area (Å²) in [6, 6.07) is 12.0. The zero-order valence-corrected chi connectivity index (χ0v) is 16.1. The van der Waals surface area contributed by atoms with Crippen LogP contribution in [0.4, 0.5) is 0 Å². The van der Waals surface area contributed by atoms with E-state index in [2.05, 4.69) is 44.4 Å². The van der Waals surface area contributed by atoms with Gasteiger partial charge in [-0.05, 0) is 16.9 Å². The molecule has 1 aromatic heterocycles. The van der Waals surface area contributed by atoms with Gasteiger partial charge in [-0.15, -0.1) is 0 Å². The molecule has 3 nitrogen and oxygen atoms in total. The van der Waals surface area contributed by atoms with Crippen LogP contribution in [0.25, 0.3) is 5.69 Å². The van der Waals surface area contributed by atoms with Gasteiger partial charge in [-0.3, -0.25) is 9.59 Å². The van der Waals surface area contributed by atoms with Crippen molar-refractivity contribution < 1.29 is 14.2 Å². The summed E-state index contributed by atoms with van der Waals surface area (Å²) in [5.74, 6) is 0.308. The van der Waals surface area contributed by atoms with E-state index >= 15 is 0 Å². The number of aromatic nitrogens is 1. The first-order valence-electron chi connectivity index (χ1n) is 9.40. The van der Waals surface area contributed by atoms with Crippen molar-refractivity contribution in [3.8, 4) is 5.69 Å². The minimum Gasteiger partial charge on any atom is -0.294 e. The zero-order chi connectivity index (χ0) is 18.7. The molecule has 0 atom stereocenters. The number of Topliss-reactive ketones (excluding diaryl/α,β-unsaturated/α-hetero) is 2.